The Hall–Kier alpha value is -4.17. The molecule has 2 heteroatoms. The van der Waals surface area contributed by atoms with Gasteiger partial charge in [0.25, 0.3) is 0 Å². The molecule has 0 unspecified atom stereocenters. The minimum atomic E-state index is -0.0851. The van der Waals surface area contributed by atoms with Crippen molar-refractivity contribution in [3.05, 3.63) is 155 Å². The van der Waals surface area contributed by atoms with Crippen LogP contribution < -0.4 is 4.90 Å². The van der Waals surface area contributed by atoms with Gasteiger partial charge < -0.3 is 4.90 Å². The third-order valence-electron chi connectivity index (χ3n) is 8.47. The van der Waals surface area contributed by atoms with Crippen LogP contribution >= 0.6 is 0 Å². The Kier molecular flexibility index (Phi) is 6.35. The molecule has 4 aromatic rings. The van der Waals surface area contributed by atoms with Crippen LogP contribution in [-0.2, 0) is 23.9 Å². The number of allylic oxidation sites excluding steroid dienone is 4. The molecule has 2 nitrogen and oxygen atoms in total. The zero-order valence-corrected chi connectivity index (χ0v) is 23.4. The van der Waals surface area contributed by atoms with Crippen molar-refractivity contribution in [3.8, 4) is 0 Å². The molecule has 0 saturated carbocycles. The maximum Gasteiger partial charge on any atom is 0.210 e. The van der Waals surface area contributed by atoms with Gasteiger partial charge in [-0.2, -0.15) is 4.58 Å². The minimum Gasteiger partial charge on any atom is -0.340 e. The van der Waals surface area contributed by atoms with Gasteiger partial charge in [0.15, 0.2) is 12.3 Å². The van der Waals surface area contributed by atoms with Gasteiger partial charge in [0.05, 0.1) is 5.41 Å². The number of hydrogen-bond donors (Lipinski definition) is 0. The van der Waals surface area contributed by atoms with E-state index in [0.29, 0.717) is 0 Å². The lowest BCUT2D eigenvalue weighted by Crippen LogP contribution is -2.28. The molecular formula is C37H37N2+. The van der Waals surface area contributed by atoms with Crippen LogP contribution in [0.4, 0.5) is 11.4 Å². The molecule has 6 rings (SSSR count). The molecule has 0 aromatic heterocycles. The van der Waals surface area contributed by atoms with Gasteiger partial charge in [-0.25, -0.2) is 0 Å². The van der Waals surface area contributed by atoms with Gasteiger partial charge in [-0.3, -0.25) is 0 Å². The maximum atomic E-state index is 2.50. The van der Waals surface area contributed by atoms with Crippen LogP contribution in [0.5, 0.6) is 0 Å². The van der Waals surface area contributed by atoms with Crippen molar-refractivity contribution < 1.29 is 4.58 Å². The Morgan fingerprint density at radius 2 is 1.23 bits per heavy atom. The van der Waals surface area contributed by atoms with E-state index < -0.39 is 0 Å². The number of fused-ring (bicyclic) bond motifs is 2. The molecule has 0 aliphatic carbocycles. The molecular weight excluding hydrogens is 472 g/mol. The first-order valence-corrected chi connectivity index (χ1v) is 14.0. The summed E-state index contributed by atoms with van der Waals surface area (Å²) in [4.78, 5) is 2.50. The van der Waals surface area contributed by atoms with Crippen LogP contribution in [0.25, 0.3) is 0 Å². The second-order valence-electron chi connectivity index (χ2n) is 11.7. The van der Waals surface area contributed by atoms with Crippen molar-refractivity contribution in [1.29, 1.82) is 0 Å². The van der Waals surface area contributed by atoms with E-state index in [1.54, 1.807) is 0 Å². The Morgan fingerprint density at radius 1 is 0.641 bits per heavy atom. The third-order valence-corrected chi connectivity index (χ3v) is 8.47. The second-order valence-corrected chi connectivity index (χ2v) is 11.7. The monoisotopic (exact) mass is 509 g/mol. The van der Waals surface area contributed by atoms with E-state index in [2.05, 4.69) is 165 Å². The average molecular weight is 510 g/mol. The summed E-state index contributed by atoms with van der Waals surface area (Å²) >= 11 is 0. The van der Waals surface area contributed by atoms with Gasteiger partial charge in [-0.05, 0) is 37.1 Å². The zero-order valence-electron chi connectivity index (χ0n) is 23.4. The largest absolute Gasteiger partial charge is 0.340 e. The number of rotatable bonds is 6. The number of nitrogens with zero attached hydrogens (tertiary/aromatic N) is 2. The SMILES string of the molecule is CC1(C)C(C=C/C=C2/N(Cc3ccccc3)c3ccccc3C2(C)C)=[N+](Cc2ccccc2)c2ccccc21. The van der Waals surface area contributed by atoms with E-state index in [1.807, 2.05) is 0 Å². The molecule has 0 atom stereocenters. The number of anilines is 1. The summed E-state index contributed by atoms with van der Waals surface area (Å²) in [6.07, 6.45) is 6.97. The number of hydrogen-bond acceptors (Lipinski definition) is 1. The smallest absolute Gasteiger partial charge is 0.210 e. The van der Waals surface area contributed by atoms with Crippen molar-refractivity contribution in [2.75, 3.05) is 4.90 Å². The highest BCUT2D eigenvalue weighted by molar-refractivity contribution is 6.03. The first kappa shape index (κ1) is 25.1. The topological polar surface area (TPSA) is 6.25 Å². The lowest BCUT2D eigenvalue weighted by atomic mass is 9.81. The van der Waals surface area contributed by atoms with E-state index in [4.69, 9.17) is 0 Å². The highest BCUT2D eigenvalue weighted by Crippen LogP contribution is 2.48. The summed E-state index contributed by atoms with van der Waals surface area (Å²) in [5, 5.41) is 0. The van der Waals surface area contributed by atoms with Crippen molar-refractivity contribution in [1.82, 2.24) is 0 Å². The number of benzene rings is 4. The van der Waals surface area contributed by atoms with E-state index >= 15 is 0 Å². The first-order chi connectivity index (χ1) is 18.9. The van der Waals surface area contributed by atoms with Gasteiger partial charge in [0.2, 0.25) is 5.69 Å². The molecule has 2 aliphatic heterocycles. The molecule has 39 heavy (non-hydrogen) atoms. The van der Waals surface area contributed by atoms with Gasteiger partial charge >= 0.3 is 0 Å². The van der Waals surface area contributed by atoms with Crippen LogP contribution in [0.3, 0.4) is 0 Å². The summed E-state index contributed by atoms with van der Waals surface area (Å²) in [6.45, 7) is 11.1. The van der Waals surface area contributed by atoms with Crippen LogP contribution in [-0.4, -0.2) is 10.3 Å². The van der Waals surface area contributed by atoms with Crippen LogP contribution in [0.15, 0.2) is 133 Å². The van der Waals surface area contributed by atoms with Crippen molar-refractivity contribution in [2.24, 2.45) is 0 Å². The predicted octanol–water partition coefficient (Wildman–Crippen LogP) is 8.70. The lowest BCUT2D eigenvalue weighted by Gasteiger charge is -2.27. The highest BCUT2D eigenvalue weighted by atomic mass is 15.2. The molecule has 0 saturated heterocycles. The molecule has 0 fully saturated rings. The van der Waals surface area contributed by atoms with Gasteiger partial charge in [0.1, 0.15) is 0 Å². The Morgan fingerprint density at radius 3 is 1.95 bits per heavy atom. The molecule has 194 valence electrons. The fraction of sp³-hybridized carbons (Fsp3) is 0.216. The molecule has 0 bridgehead atoms. The van der Waals surface area contributed by atoms with Crippen LogP contribution in [0, 0.1) is 0 Å². The third kappa shape index (κ3) is 4.44. The molecule has 2 heterocycles. The number of para-hydroxylation sites is 2. The molecule has 2 aliphatic rings. The molecule has 0 radical (unpaired) electrons. The van der Waals surface area contributed by atoms with Crippen molar-refractivity contribution >= 4 is 17.1 Å². The van der Waals surface area contributed by atoms with Gasteiger partial charge in [-0.15, -0.1) is 0 Å². The summed E-state index contributed by atoms with van der Waals surface area (Å²) in [5.41, 5.74) is 10.5. The van der Waals surface area contributed by atoms with E-state index in [0.717, 1.165) is 13.1 Å². The Bertz CT molecular complexity index is 1590. The van der Waals surface area contributed by atoms with Crippen LogP contribution in [0.2, 0.25) is 0 Å². The second kappa shape index (κ2) is 9.85. The molecule has 4 aromatic carbocycles. The standard InChI is InChI=1S/C37H37N2/c1-36(2)30-20-11-13-22-32(30)38(26-28-16-7-5-8-17-28)34(36)24-15-25-35-37(3,4)31-21-12-14-23-33(31)39(35)27-29-18-9-6-10-19-29/h5-25H,26-27H2,1-4H3/q+1. The maximum absolute atomic E-state index is 2.50. The molecule has 0 spiro atoms. The summed E-state index contributed by atoms with van der Waals surface area (Å²) in [7, 11) is 0. The van der Waals surface area contributed by atoms with Gasteiger partial charge in [-0.1, -0.05) is 117 Å². The minimum absolute atomic E-state index is 0.0851. The molecule has 0 N–H and O–H groups in total. The van der Waals surface area contributed by atoms with E-state index in [1.165, 1.54) is 45.0 Å². The van der Waals surface area contributed by atoms with Gasteiger partial charge in [0, 0.05) is 46.6 Å². The quantitative estimate of drug-likeness (QED) is 0.236. The van der Waals surface area contributed by atoms with E-state index in [9.17, 15) is 0 Å². The average Bonchev–Trinajstić information content (AvgIpc) is 3.29. The zero-order chi connectivity index (χ0) is 27.0. The summed E-state index contributed by atoms with van der Waals surface area (Å²) in [5.74, 6) is 0. The Labute approximate surface area is 233 Å². The summed E-state index contributed by atoms with van der Waals surface area (Å²) in [6, 6.07) is 39.3. The fourth-order valence-corrected chi connectivity index (χ4v) is 6.39. The normalized spacial score (nSPS) is 18.2. The summed E-state index contributed by atoms with van der Waals surface area (Å²) < 4.78 is 2.50. The lowest BCUT2D eigenvalue weighted by molar-refractivity contribution is -0.455. The van der Waals surface area contributed by atoms with Crippen molar-refractivity contribution in [2.45, 2.75) is 51.6 Å². The Balaban J connectivity index is 1.42. The molecule has 0 amide bonds. The van der Waals surface area contributed by atoms with E-state index in [-0.39, 0.29) is 10.8 Å². The fourth-order valence-electron chi connectivity index (χ4n) is 6.39. The predicted molar refractivity (Wildman–Crippen MR) is 164 cm³/mol. The highest BCUT2D eigenvalue weighted by Gasteiger charge is 2.44. The first-order valence-electron chi connectivity index (χ1n) is 14.0. The van der Waals surface area contributed by atoms with Crippen LogP contribution in [0.1, 0.15) is 49.9 Å². The van der Waals surface area contributed by atoms with Crippen molar-refractivity contribution in [3.63, 3.8) is 0 Å².